The van der Waals surface area contributed by atoms with Crippen molar-refractivity contribution >= 4 is 28.8 Å². The number of nitrogens with zero attached hydrogens (tertiary/aromatic N) is 2. The predicted octanol–water partition coefficient (Wildman–Crippen LogP) is 6.72. The van der Waals surface area contributed by atoms with Gasteiger partial charge in [-0.15, -0.1) is 0 Å². The number of hydrogen-bond acceptors (Lipinski definition) is 2. The second-order valence-electron chi connectivity index (χ2n) is 12.1. The van der Waals surface area contributed by atoms with E-state index in [1.54, 1.807) is 0 Å². The standard InChI is InChI=1S/C41H26N2Si/c1-2-12-26(13-3-1)41-42-39(34-24-27-14-4-5-15-29(27)40(34)43-41)28-22-23-38-33(25-28)32-18-8-11-21-37(32)44(38)35-19-9-6-16-30(35)31-17-7-10-20-36(31)44/h1-23,25H,24H2. The van der Waals surface area contributed by atoms with Crippen LogP contribution in [0.1, 0.15) is 11.1 Å². The van der Waals surface area contributed by atoms with Gasteiger partial charge in [0.05, 0.1) is 11.4 Å². The number of aromatic nitrogens is 2. The molecule has 0 saturated heterocycles. The van der Waals surface area contributed by atoms with Crippen molar-refractivity contribution in [3.63, 3.8) is 0 Å². The van der Waals surface area contributed by atoms with Crippen molar-refractivity contribution in [2.75, 3.05) is 0 Å². The van der Waals surface area contributed by atoms with Gasteiger partial charge >= 0.3 is 0 Å². The summed E-state index contributed by atoms with van der Waals surface area (Å²) in [6.45, 7) is 0. The summed E-state index contributed by atoms with van der Waals surface area (Å²) in [5, 5.41) is 5.99. The van der Waals surface area contributed by atoms with E-state index in [1.807, 2.05) is 6.07 Å². The Morgan fingerprint density at radius 3 is 1.61 bits per heavy atom. The van der Waals surface area contributed by atoms with E-state index >= 15 is 0 Å². The maximum atomic E-state index is 5.31. The molecule has 7 aromatic rings. The van der Waals surface area contributed by atoms with Gasteiger partial charge in [0.1, 0.15) is 0 Å². The number of benzene rings is 6. The molecule has 3 aliphatic rings. The zero-order valence-electron chi connectivity index (χ0n) is 24.0. The first-order valence-corrected chi connectivity index (χ1v) is 17.3. The Morgan fingerprint density at radius 1 is 0.409 bits per heavy atom. The average molecular weight is 575 g/mol. The van der Waals surface area contributed by atoms with E-state index in [0.717, 1.165) is 34.8 Å². The lowest BCUT2D eigenvalue weighted by molar-refractivity contribution is 1.13. The molecule has 3 heteroatoms. The van der Waals surface area contributed by atoms with Gasteiger partial charge in [-0.05, 0) is 54.6 Å². The number of fused-ring (bicyclic) bond motifs is 13. The van der Waals surface area contributed by atoms with Crippen LogP contribution in [-0.2, 0) is 6.42 Å². The van der Waals surface area contributed by atoms with Crippen LogP contribution in [0.2, 0.25) is 0 Å². The average Bonchev–Trinajstić information content (AvgIpc) is 3.72. The molecule has 0 fully saturated rings. The maximum Gasteiger partial charge on any atom is 0.182 e. The first kappa shape index (κ1) is 24.1. The highest BCUT2D eigenvalue weighted by Gasteiger charge is 2.53. The van der Waals surface area contributed by atoms with Crippen LogP contribution in [0.3, 0.4) is 0 Å². The third-order valence-electron chi connectivity index (χ3n) is 9.95. The lowest BCUT2D eigenvalue weighted by Crippen LogP contribution is -2.70. The zero-order valence-corrected chi connectivity index (χ0v) is 25.0. The van der Waals surface area contributed by atoms with Crippen molar-refractivity contribution < 1.29 is 0 Å². The molecule has 2 aliphatic heterocycles. The molecule has 0 atom stereocenters. The van der Waals surface area contributed by atoms with Gasteiger partial charge in [0, 0.05) is 28.7 Å². The van der Waals surface area contributed by atoms with Crippen LogP contribution in [0, 0.1) is 0 Å². The third-order valence-corrected chi connectivity index (χ3v) is 14.9. The molecule has 44 heavy (non-hydrogen) atoms. The van der Waals surface area contributed by atoms with Crippen molar-refractivity contribution in [2.45, 2.75) is 6.42 Å². The summed E-state index contributed by atoms with van der Waals surface area (Å²) in [5.41, 5.74) is 13.6. The fourth-order valence-corrected chi connectivity index (χ4v) is 13.8. The molecule has 0 bridgehead atoms. The minimum atomic E-state index is -2.44. The number of hydrogen-bond donors (Lipinski definition) is 0. The minimum absolute atomic E-state index is 0.779. The van der Waals surface area contributed by atoms with Crippen LogP contribution >= 0.6 is 0 Å². The maximum absolute atomic E-state index is 5.31. The molecular formula is C41H26N2Si. The van der Waals surface area contributed by atoms with E-state index in [-0.39, 0.29) is 0 Å². The molecule has 0 saturated carbocycles. The van der Waals surface area contributed by atoms with Crippen LogP contribution in [0.5, 0.6) is 0 Å². The first-order valence-electron chi connectivity index (χ1n) is 15.3. The SMILES string of the molecule is c1ccc(-c2nc(-c3ccc4c(c3)-c3ccccc3[Si]43c4ccccc4-c4ccccc43)c3c(n2)-c2ccccc2C3)cc1. The fourth-order valence-electron chi connectivity index (χ4n) is 8.17. The largest absolute Gasteiger partial charge is 0.228 e. The van der Waals surface area contributed by atoms with Crippen molar-refractivity contribution in [1.29, 1.82) is 0 Å². The van der Waals surface area contributed by atoms with E-state index < -0.39 is 8.07 Å². The molecule has 1 spiro atoms. The predicted molar refractivity (Wildman–Crippen MR) is 183 cm³/mol. The fraction of sp³-hybridized carbons (Fsp3) is 0.0244. The molecule has 0 amide bonds. The minimum Gasteiger partial charge on any atom is -0.228 e. The lowest BCUT2D eigenvalue weighted by atomic mass is 9.98. The Hall–Kier alpha value is -5.38. The zero-order chi connectivity index (χ0) is 28.8. The molecule has 1 aromatic heterocycles. The summed E-state index contributed by atoms with van der Waals surface area (Å²) in [7, 11) is -2.44. The second-order valence-corrected chi connectivity index (χ2v) is 15.7. The van der Waals surface area contributed by atoms with Crippen molar-refractivity contribution in [3.8, 4) is 56.2 Å². The molecule has 2 nitrogen and oxygen atoms in total. The molecule has 1 aliphatic carbocycles. The highest BCUT2D eigenvalue weighted by Crippen LogP contribution is 2.42. The molecule has 3 heterocycles. The Balaban J connectivity index is 1.25. The van der Waals surface area contributed by atoms with Gasteiger partial charge in [0.25, 0.3) is 0 Å². The van der Waals surface area contributed by atoms with E-state index in [9.17, 15) is 0 Å². The highest BCUT2D eigenvalue weighted by atomic mass is 28.3. The van der Waals surface area contributed by atoms with Gasteiger partial charge in [-0.25, -0.2) is 9.97 Å². The smallest absolute Gasteiger partial charge is 0.182 e. The summed E-state index contributed by atoms with van der Waals surface area (Å²) < 4.78 is 0. The summed E-state index contributed by atoms with van der Waals surface area (Å²) in [6.07, 6.45) is 0.850. The van der Waals surface area contributed by atoms with E-state index in [0.29, 0.717) is 0 Å². The van der Waals surface area contributed by atoms with Gasteiger partial charge in [-0.2, -0.15) is 0 Å². The molecule has 0 N–H and O–H groups in total. The van der Waals surface area contributed by atoms with Gasteiger partial charge in [0.15, 0.2) is 13.9 Å². The van der Waals surface area contributed by atoms with Gasteiger partial charge in [-0.3, -0.25) is 0 Å². The van der Waals surface area contributed by atoms with E-state index in [2.05, 4.69) is 140 Å². The van der Waals surface area contributed by atoms with Crippen LogP contribution in [-0.4, -0.2) is 18.0 Å². The van der Waals surface area contributed by atoms with Crippen LogP contribution in [0.25, 0.3) is 56.2 Å². The molecule has 204 valence electrons. The Bertz CT molecular complexity index is 2280. The molecular weight excluding hydrogens is 549 g/mol. The molecule has 0 unspecified atom stereocenters. The van der Waals surface area contributed by atoms with Crippen LogP contribution < -0.4 is 20.7 Å². The first-order chi connectivity index (χ1) is 21.8. The highest BCUT2D eigenvalue weighted by molar-refractivity contribution is 7.24. The normalized spacial score (nSPS) is 14.0. The summed E-state index contributed by atoms with van der Waals surface area (Å²) in [6, 6.07) is 53.7. The van der Waals surface area contributed by atoms with Crippen LogP contribution in [0.15, 0.2) is 146 Å². The Kier molecular flexibility index (Phi) is 4.83. The van der Waals surface area contributed by atoms with Gasteiger partial charge in [0.2, 0.25) is 0 Å². The van der Waals surface area contributed by atoms with Crippen molar-refractivity contribution in [1.82, 2.24) is 9.97 Å². The van der Waals surface area contributed by atoms with Crippen LogP contribution in [0.4, 0.5) is 0 Å². The number of rotatable bonds is 2. The second kappa shape index (κ2) is 8.82. The summed E-state index contributed by atoms with van der Waals surface area (Å²) >= 11 is 0. The monoisotopic (exact) mass is 574 g/mol. The van der Waals surface area contributed by atoms with Crippen molar-refractivity contribution in [3.05, 3.63) is 157 Å². The van der Waals surface area contributed by atoms with E-state index in [1.165, 1.54) is 59.7 Å². The third kappa shape index (κ3) is 3.04. The molecule has 0 radical (unpaired) electrons. The molecule has 10 rings (SSSR count). The quantitative estimate of drug-likeness (QED) is 0.214. The topological polar surface area (TPSA) is 25.8 Å². The lowest BCUT2D eigenvalue weighted by Gasteiger charge is -2.27. The molecule has 6 aromatic carbocycles. The van der Waals surface area contributed by atoms with E-state index in [4.69, 9.17) is 9.97 Å². The Morgan fingerprint density at radius 2 is 0.932 bits per heavy atom. The van der Waals surface area contributed by atoms with Gasteiger partial charge in [-0.1, -0.05) is 140 Å². The summed E-state index contributed by atoms with van der Waals surface area (Å²) in [5.74, 6) is 0.779. The summed E-state index contributed by atoms with van der Waals surface area (Å²) in [4.78, 5) is 10.5. The van der Waals surface area contributed by atoms with Crippen molar-refractivity contribution in [2.24, 2.45) is 0 Å². The Labute approximate surface area is 257 Å². The van der Waals surface area contributed by atoms with Gasteiger partial charge < -0.3 is 0 Å².